The molecule has 1 rings (SSSR count). The molecule has 0 spiro atoms. The van der Waals surface area contributed by atoms with Crippen molar-refractivity contribution < 1.29 is 39.8 Å². The standard InChI is InChI=1S/C42H75NO8/c1-3-5-7-9-10-11-12-13-14-15-16-17-18-19-20-21-22-23-24-25-26-28-30-32-38(46)43-35(36(45)31-29-27-8-6-4-2)34-50-42-41(49)40(48)39(47)37(33-44)51-42/h5,7,10-11,13-14,16-17,35-37,39-42,44-45,47-49H,3-4,6,8-9,12,15,18-34H2,1-2H3,(H,43,46)/b7-5-,11-10-,14-13-,17-16-. The molecule has 0 bridgehead atoms. The summed E-state index contributed by atoms with van der Waals surface area (Å²) in [6.07, 6.45) is 33.1. The average Bonchev–Trinajstić information content (AvgIpc) is 3.13. The number of hydrogen-bond acceptors (Lipinski definition) is 8. The molecule has 0 saturated carbocycles. The zero-order valence-electron chi connectivity index (χ0n) is 32.1. The first kappa shape index (κ1) is 47.2. The number of carbonyl (C=O) groups excluding carboxylic acids is 1. The summed E-state index contributed by atoms with van der Waals surface area (Å²) in [4.78, 5) is 12.8. The number of carbonyl (C=O) groups is 1. The Labute approximate surface area is 310 Å². The van der Waals surface area contributed by atoms with E-state index in [2.05, 4.69) is 67.8 Å². The van der Waals surface area contributed by atoms with Crippen LogP contribution >= 0.6 is 0 Å². The first-order valence-corrected chi connectivity index (χ1v) is 20.3. The fraction of sp³-hybridized carbons (Fsp3) is 0.786. The highest BCUT2D eigenvalue weighted by molar-refractivity contribution is 5.76. The predicted octanol–water partition coefficient (Wildman–Crippen LogP) is 7.50. The van der Waals surface area contributed by atoms with Gasteiger partial charge in [0.25, 0.3) is 0 Å². The smallest absolute Gasteiger partial charge is 0.220 e. The van der Waals surface area contributed by atoms with E-state index in [1.165, 1.54) is 44.9 Å². The minimum absolute atomic E-state index is 0.144. The lowest BCUT2D eigenvalue weighted by Crippen LogP contribution is -2.60. The van der Waals surface area contributed by atoms with Gasteiger partial charge in [0.05, 0.1) is 25.4 Å². The second-order valence-corrected chi connectivity index (χ2v) is 14.1. The Morgan fingerprint density at radius 2 is 1.22 bits per heavy atom. The molecule has 6 N–H and O–H groups in total. The van der Waals surface area contributed by atoms with Crippen molar-refractivity contribution in [2.24, 2.45) is 0 Å². The van der Waals surface area contributed by atoms with Gasteiger partial charge in [-0.2, -0.15) is 0 Å². The molecule has 0 radical (unpaired) electrons. The van der Waals surface area contributed by atoms with Crippen LogP contribution in [0.4, 0.5) is 0 Å². The van der Waals surface area contributed by atoms with Gasteiger partial charge in [0.15, 0.2) is 6.29 Å². The lowest BCUT2D eigenvalue weighted by atomic mass is 9.99. The van der Waals surface area contributed by atoms with Crippen LogP contribution in [0.3, 0.4) is 0 Å². The molecule has 9 nitrogen and oxygen atoms in total. The summed E-state index contributed by atoms with van der Waals surface area (Å²) in [6.45, 7) is 3.60. The molecule has 7 unspecified atom stereocenters. The Bertz CT molecular complexity index is 936. The lowest BCUT2D eigenvalue weighted by molar-refractivity contribution is -0.302. The quantitative estimate of drug-likeness (QED) is 0.0309. The zero-order chi connectivity index (χ0) is 37.4. The minimum Gasteiger partial charge on any atom is -0.394 e. The first-order valence-electron chi connectivity index (χ1n) is 20.3. The van der Waals surface area contributed by atoms with Gasteiger partial charge in [0, 0.05) is 6.42 Å². The molecule has 1 aliphatic rings. The molecule has 0 aliphatic carbocycles. The van der Waals surface area contributed by atoms with Gasteiger partial charge in [0.1, 0.15) is 24.4 Å². The Hall–Kier alpha value is -1.85. The van der Waals surface area contributed by atoms with Gasteiger partial charge in [-0.1, -0.05) is 146 Å². The highest BCUT2D eigenvalue weighted by Crippen LogP contribution is 2.23. The highest BCUT2D eigenvalue weighted by Gasteiger charge is 2.44. The normalized spacial score (nSPS) is 22.5. The fourth-order valence-electron chi connectivity index (χ4n) is 6.15. The van der Waals surface area contributed by atoms with E-state index in [9.17, 15) is 30.3 Å². The van der Waals surface area contributed by atoms with Gasteiger partial charge < -0.3 is 40.3 Å². The maximum Gasteiger partial charge on any atom is 0.220 e. The van der Waals surface area contributed by atoms with Gasteiger partial charge in [-0.05, 0) is 51.4 Å². The number of nitrogens with one attached hydrogen (secondary N) is 1. The van der Waals surface area contributed by atoms with E-state index in [0.29, 0.717) is 12.8 Å². The minimum atomic E-state index is -1.55. The third kappa shape index (κ3) is 24.2. The number of aliphatic hydroxyl groups is 5. The summed E-state index contributed by atoms with van der Waals surface area (Å²) < 4.78 is 11.1. The fourth-order valence-corrected chi connectivity index (χ4v) is 6.15. The molecule has 0 aromatic carbocycles. The van der Waals surface area contributed by atoms with Crippen LogP contribution in [0.1, 0.15) is 155 Å². The Kier molecular flexibility index (Phi) is 30.3. The molecular weight excluding hydrogens is 646 g/mol. The molecule has 1 aliphatic heterocycles. The third-order valence-corrected chi connectivity index (χ3v) is 9.45. The maximum atomic E-state index is 12.8. The van der Waals surface area contributed by atoms with E-state index in [-0.39, 0.29) is 12.5 Å². The Balaban J connectivity index is 2.20. The number of unbranched alkanes of at least 4 members (excludes halogenated alkanes) is 14. The van der Waals surface area contributed by atoms with Crippen molar-refractivity contribution in [3.8, 4) is 0 Å². The molecule has 9 heteroatoms. The van der Waals surface area contributed by atoms with Gasteiger partial charge in [-0.3, -0.25) is 4.79 Å². The molecular formula is C42H75NO8. The molecule has 1 saturated heterocycles. The van der Waals surface area contributed by atoms with E-state index in [4.69, 9.17) is 9.47 Å². The summed E-state index contributed by atoms with van der Waals surface area (Å²) in [6, 6.07) is -0.718. The topological polar surface area (TPSA) is 149 Å². The SMILES string of the molecule is CC/C=C\C/C=C\C/C=C\C/C=C\CCCCCCCCCCCCC(=O)NC(COC1OC(CO)C(O)C(O)C1O)C(O)CCCCCCC. The summed E-state index contributed by atoms with van der Waals surface area (Å²) in [7, 11) is 0. The molecule has 1 heterocycles. The van der Waals surface area contributed by atoms with E-state index in [1.807, 2.05) is 0 Å². The van der Waals surface area contributed by atoms with Crippen LogP contribution in [0.5, 0.6) is 0 Å². The van der Waals surface area contributed by atoms with Crippen LogP contribution in [0.15, 0.2) is 48.6 Å². The highest BCUT2D eigenvalue weighted by atomic mass is 16.7. The zero-order valence-corrected chi connectivity index (χ0v) is 32.1. The second-order valence-electron chi connectivity index (χ2n) is 14.1. The van der Waals surface area contributed by atoms with Crippen LogP contribution in [0, 0.1) is 0 Å². The predicted molar refractivity (Wildman–Crippen MR) is 207 cm³/mol. The van der Waals surface area contributed by atoms with Crippen molar-refractivity contribution in [1.82, 2.24) is 5.32 Å². The number of amides is 1. The van der Waals surface area contributed by atoms with Crippen molar-refractivity contribution >= 4 is 5.91 Å². The summed E-state index contributed by atoms with van der Waals surface area (Å²) in [5.41, 5.74) is 0. The van der Waals surface area contributed by atoms with E-state index >= 15 is 0 Å². The Morgan fingerprint density at radius 1 is 0.686 bits per heavy atom. The van der Waals surface area contributed by atoms with E-state index in [0.717, 1.165) is 83.5 Å². The summed E-state index contributed by atoms with van der Waals surface area (Å²) in [5.74, 6) is -0.160. The van der Waals surface area contributed by atoms with Gasteiger partial charge in [0.2, 0.25) is 5.91 Å². The third-order valence-electron chi connectivity index (χ3n) is 9.45. The Morgan fingerprint density at radius 3 is 1.80 bits per heavy atom. The van der Waals surface area contributed by atoms with Crippen molar-refractivity contribution in [3.05, 3.63) is 48.6 Å². The molecule has 1 fully saturated rings. The molecule has 1 amide bonds. The molecule has 0 aromatic rings. The van der Waals surface area contributed by atoms with Gasteiger partial charge in [-0.25, -0.2) is 0 Å². The lowest BCUT2D eigenvalue weighted by Gasteiger charge is -2.40. The van der Waals surface area contributed by atoms with Crippen LogP contribution in [-0.2, 0) is 14.3 Å². The van der Waals surface area contributed by atoms with Crippen LogP contribution < -0.4 is 5.32 Å². The van der Waals surface area contributed by atoms with Crippen molar-refractivity contribution in [2.75, 3.05) is 13.2 Å². The molecule has 7 atom stereocenters. The average molecular weight is 722 g/mol. The van der Waals surface area contributed by atoms with Crippen molar-refractivity contribution in [3.63, 3.8) is 0 Å². The second kappa shape index (κ2) is 32.8. The van der Waals surface area contributed by atoms with Gasteiger partial charge >= 0.3 is 0 Å². The van der Waals surface area contributed by atoms with Crippen molar-refractivity contribution in [1.29, 1.82) is 0 Å². The largest absolute Gasteiger partial charge is 0.394 e. The van der Waals surface area contributed by atoms with E-state index in [1.54, 1.807) is 0 Å². The van der Waals surface area contributed by atoms with Crippen LogP contribution in [0.2, 0.25) is 0 Å². The van der Waals surface area contributed by atoms with Crippen molar-refractivity contribution in [2.45, 2.75) is 198 Å². The number of hydrogen-bond donors (Lipinski definition) is 6. The summed E-state index contributed by atoms with van der Waals surface area (Å²) in [5, 5.41) is 53.7. The van der Waals surface area contributed by atoms with Gasteiger partial charge in [-0.15, -0.1) is 0 Å². The number of allylic oxidation sites excluding steroid dienone is 8. The molecule has 0 aromatic heterocycles. The maximum absolute atomic E-state index is 12.8. The molecule has 51 heavy (non-hydrogen) atoms. The van der Waals surface area contributed by atoms with Crippen LogP contribution in [-0.4, -0.2) is 87.5 Å². The molecule has 296 valence electrons. The van der Waals surface area contributed by atoms with E-state index < -0.39 is 49.5 Å². The monoisotopic (exact) mass is 722 g/mol. The number of rotatable bonds is 32. The number of aliphatic hydroxyl groups excluding tert-OH is 5. The number of ether oxygens (including phenoxy) is 2. The summed E-state index contributed by atoms with van der Waals surface area (Å²) >= 11 is 0. The van der Waals surface area contributed by atoms with Crippen LogP contribution in [0.25, 0.3) is 0 Å². The first-order chi connectivity index (χ1) is 24.8.